The van der Waals surface area contributed by atoms with Crippen LogP contribution in [0, 0.1) is 22.7 Å². The van der Waals surface area contributed by atoms with Crippen molar-refractivity contribution < 1.29 is 4.74 Å². The van der Waals surface area contributed by atoms with Crippen LogP contribution in [0.3, 0.4) is 0 Å². The zero-order chi connectivity index (χ0) is 21.3. The molecular formula is C23H21N5O2. The van der Waals surface area contributed by atoms with Crippen LogP contribution in [0.25, 0.3) is 11.0 Å². The van der Waals surface area contributed by atoms with E-state index in [1.165, 1.54) is 0 Å². The zero-order valence-electron chi connectivity index (χ0n) is 16.8. The molecule has 1 aromatic carbocycles. The molecule has 0 saturated carbocycles. The third-order valence-corrected chi connectivity index (χ3v) is 5.63. The molecular weight excluding hydrogens is 378 g/mol. The predicted molar refractivity (Wildman–Crippen MR) is 112 cm³/mol. The number of hydrogen-bond donors (Lipinski definition) is 1. The smallest absolute Gasteiger partial charge is 0.251 e. The molecule has 0 radical (unpaired) electrons. The number of nitrogens with zero attached hydrogens (tertiary/aromatic N) is 4. The van der Waals surface area contributed by atoms with Crippen LogP contribution in [0.2, 0.25) is 0 Å². The molecule has 1 aliphatic rings. The number of aryl methyl sites for hydroxylation is 1. The Hall–Kier alpha value is -3.68. The number of aromatic amines is 1. The Morgan fingerprint density at radius 1 is 1.27 bits per heavy atom. The van der Waals surface area contributed by atoms with Gasteiger partial charge in [-0.05, 0) is 49.2 Å². The molecule has 0 bridgehead atoms. The van der Waals surface area contributed by atoms with Crippen LogP contribution in [0.15, 0.2) is 41.3 Å². The SMILES string of the molecule is CCc1cc2ncc(CN3CC(Oc4ccc(C#N)cc4C#N)[C@H]3C)cc2[nH]c1=O. The molecule has 7 nitrogen and oxygen atoms in total. The second-order valence-electron chi connectivity index (χ2n) is 7.51. The molecule has 1 saturated heterocycles. The molecule has 1 N–H and O–H groups in total. The molecule has 1 aliphatic heterocycles. The minimum absolute atomic E-state index is 0.0367. The first-order valence-corrected chi connectivity index (χ1v) is 9.88. The van der Waals surface area contributed by atoms with Crippen molar-refractivity contribution in [2.24, 2.45) is 0 Å². The van der Waals surface area contributed by atoms with Crippen LogP contribution < -0.4 is 10.3 Å². The normalized spacial score (nSPS) is 18.4. The average molecular weight is 399 g/mol. The second-order valence-corrected chi connectivity index (χ2v) is 7.51. The standard InChI is InChI=1S/C23H21N5O2/c1-3-17-8-19-20(27-23(17)29)7-16(11-26-19)12-28-13-22(14(28)2)30-21-5-4-15(9-24)6-18(21)10-25/h4-8,11,14,22H,3,12-13H2,1-2H3,(H,27,29)/t14-,22?/m1/s1. The van der Waals surface area contributed by atoms with E-state index in [1.54, 1.807) is 18.2 Å². The Bertz CT molecular complexity index is 1250. The maximum absolute atomic E-state index is 12.1. The Balaban J connectivity index is 1.44. The van der Waals surface area contributed by atoms with Crippen molar-refractivity contribution in [3.05, 3.63) is 69.1 Å². The Labute approximate surface area is 174 Å². The monoisotopic (exact) mass is 399 g/mol. The summed E-state index contributed by atoms with van der Waals surface area (Å²) in [5.74, 6) is 0.504. The number of aromatic nitrogens is 2. The molecule has 0 spiro atoms. The number of ether oxygens (including phenoxy) is 1. The summed E-state index contributed by atoms with van der Waals surface area (Å²) in [5, 5.41) is 18.3. The molecule has 30 heavy (non-hydrogen) atoms. The summed E-state index contributed by atoms with van der Waals surface area (Å²) in [7, 11) is 0. The van der Waals surface area contributed by atoms with Crippen molar-refractivity contribution in [2.75, 3.05) is 6.54 Å². The first-order valence-electron chi connectivity index (χ1n) is 9.88. The number of likely N-dealkylation sites (tertiary alicyclic amines) is 1. The highest BCUT2D eigenvalue weighted by Gasteiger charge is 2.37. The average Bonchev–Trinajstić information content (AvgIpc) is 2.77. The second kappa shape index (κ2) is 7.98. The van der Waals surface area contributed by atoms with Gasteiger partial charge in [0.15, 0.2) is 0 Å². The van der Waals surface area contributed by atoms with E-state index in [0.717, 1.165) is 28.7 Å². The van der Waals surface area contributed by atoms with E-state index in [9.17, 15) is 10.1 Å². The van der Waals surface area contributed by atoms with Gasteiger partial charge in [-0.15, -0.1) is 0 Å². The number of nitrogens with one attached hydrogen (secondary N) is 1. The van der Waals surface area contributed by atoms with Gasteiger partial charge in [0, 0.05) is 30.9 Å². The van der Waals surface area contributed by atoms with E-state index in [4.69, 9.17) is 10.00 Å². The summed E-state index contributed by atoms with van der Waals surface area (Å²) in [6.45, 7) is 5.44. The van der Waals surface area contributed by atoms with Crippen LogP contribution in [0.5, 0.6) is 5.75 Å². The van der Waals surface area contributed by atoms with E-state index in [0.29, 0.717) is 29.8 Å². The molecule has 2 atom stereocenters. The molecule has 7 heteroatoms. The van der Waals surface area contributed by atoms with Gasteiger partial charge in [0.2, 0.25) is 0 Å². The number of H-pyrrole nitrogens is 1. The maximum Gasteiger partial charge on any atom is 0.251 e. The lowest BCUT2D eigenvalue weighted by molar-refractivity contribution is -0.0414. The van der Waals surface area contributed by atoms with E-state index in [2.05, 4.69) is 27.9 Å². The van der Waals surface area contributed by atoms with Crippen molar-refractivity contribution in [2.45, 2.75) is 39.0 Å². The molecule has 0 amide bonds. The van der Waals surface area contributed by atoms with Crippen LogP contribution in [-0.4, -0.2) is 33.6 Å². The van der Waals surface area contributed by atoms with Crippen LogP contribution in [-0.2, 0) is 13.0 Å². The van der Waals surface area contributed by atoms with Gasteiger partial charge in [-0.2, -0.15) is 10.5 Å². The molecule has 1 fully saturated rings. The summed E-state index contributed by atoms with van der Waals surface area (Å²) in [5.41, 5.74) is 4.03. The van der Waals surface area contributed by atoms with E-state index >= 15 is 0 Å². The number of pyridine rings is 2. The maximum atomic E-state index is 12.1. The van der Waals surface area contributed by atoms with Gasteiger partial charge in [0.1, 0.15) is 17.9 Å². The topological polar surface area (TPSA) is 106 Å². The quantitative estimate of drug-likeness (QED) is 0.707. The van der Waals surface area contributed by atoms with Gasteiger partial charge in [0.25, 0.3) is 5.56 Å². The van der Waals surface area contributed by atoms with Gasteiger partial charge < -0.3 is 9.72 Å². The largest absolute Gasteiger partial charge is 0.486 e. The van der Waals surface area contributed by atoms with Crippen molar-refractivity contribution in [3.8, 4) is 17.9 Å². The van der Waals surface area contributed by atoms with Gasteiger partial charge in [-0.3, -0.25) is 14.7 Å². The number of nitriles is 2. The number of rotatable bonds is 5. The zero-order valence-corrected chi connectivity index (χ0v) is 16.8. The molecule has 0 aliphatic carbocycles. The molecule has 3 aromatic rings. The van der Waals surface area contributed by atoms with Crippen molar-refractivity contribution in [1.82, 2.24) is 14.9 Å². The van der Waals surface area contributed by atoms with Gasteiger partial charge in [0.05, 0.1) is 28.2 Å². The Kier molecular flexibility index (Phi) is 5.22. The highest BCUT2D eigenvalue weighted by atomic mass is 16.5. The van der Waals surface area contributed by atoms with Gasteiger partial charge in [-0.25, -0.2) is 0 Å². The predicted octanol–water partition coefficient (Wildman–Crippen LogP) is 2.88. The lowest BCUT2D eigenvalue weighted by atomic mass is 9.99. The number of benzene rings is 1. The van der Waals surface area contributed by atoms with Crippen molar-refractivity contribution >= 4 is 11.0 Å². The fourth-order valence-corrected chi connectivity index (χ4v) is 3.69. The summed E-state index contributed by atoms with van der Waals surface area (Å²) in [6.07, 6.45) is 2.48. The fourth-order valence-electron chi connectivity index (χ4n) is 3.69. The molecule has 4 rings (SSSR count). The first kappa shape index (κ1) is 19.6. The molecule has 1 unspecified atom stereocenters. The lowest BCUT2D eigenvalue weighted by Gasteiger charge is -2.46. The van der Waals surface area contributed by atoms with Gasteiger partial charge >= 0.3 is 0 Å². The fraction of sp³-hybridized carbons (Fsp3) is 0.304. The van der Waals surface area contributed by atoms with E-state index in [1.807, 2.05) is 31.3 Å². The molecule has 2 aromatic heterocycles. The summed E-state index contributed by atoms with van der Waals surface area (Å²) in [6, 6.07) is 13.0. The first-order chi connectivity index (χ1) is 14.5. The lowest BCUT2D eigenvalue weighted by Crippen LogP contribution is -2.60. The minimum atomic E-state index is -0.0644. The molecule has 3 heterocycles. The van der Waals surface area contributed by atoms with E-state index in [-0.39, 0.29) is 17.7 Å². The minimum Gasteiger partial charge on any atom is -0.486 e. The summed E-state index contributed by atoms with van der Waals surface area (Å²) >= 11 is 0. The highest BCUT2D eigenvalue weighted by Crippen LogP contribution is 2.28. The number of fused-ring (bicyclic) bond motifs is 1. The van der Waals surface area contributed by atoms with Crippen molar-refractivity contribution in [1.29, 1.82) is 10.5 Å². The van der Waals surface area contributed by atoms with Crippen LogP contribution in [0.1, 0.15) is 36.1 Å². The van der Waals surface area contributed by atoms with E-state index < -0.39 is 0 Å². The van der Waals surface area contributed by atoms with Gasteiger partial charge in [-0.1, -0.05) is 6.92 Å². The number of hydrogen-bond acceptors (Lipinski definition) is 6. The Morgan fingerprint density at radius 2 is 2.10 bits per heavy atom. The summed E-state index contributed by atoms with van der Waals surface area (Å²) in [4.78, 5) is 21.7. The van der Waals surface area contributed by atoms with Crippen LogP contribution in [0.4, 0.5) is 0 Å². The summed E-state index contributed by atoms with van der Waals surface area (Å²) < 4.78 is 6.03. The van der Waals surface area contributed by atoms with Crippen LogP contribution >= 0.6 is 0 Å². The molecule has 150 valence electrons. The highest BCUT2D eigenvalue weighted by molar-refractivity contribution is 5.74. The third-order valence-electron chi connectivity index (χ3n) is 5.63. The Morgan fingerprint density at radius 3 is 2.80 bits per heavy atom. The third kappa shape index (κ3) is 3.63. The van der Waals surface area contributed by atoms with Crippen molar-refractivity contribution in [3.63, 3.8) is 0 Å².